The highest BCUT2D eigenvalue weighted by molar-refractivity contribution is 7.18. The van der Waals surface area contributed by atoms with Crippen LogP contribution in [0.4, 0.5) is 17.1 Å². The Morgan fingerprint density at radius 3 is 2.56 bits per heavy atom. The maximum Gasteiger partial charge on any atom is 0.269 e. The van der Waals surface area contributed by atoms with Crippen LogP contribution in [0.3, 0.4) is 0 Å². The Morgan fingerprint density at radius 1 is 1.24 bits per heavy atom. The molecular weight excluding hydrogens is 340 g/mol. The number of benzene rings is 2. The van der Waals surface area contributed by atoms with Crippen molar-refractivity contribution >= 4 is 34.3 Å². The molecule has 0 aliphatic rings. The summed E-state index contributed by atoms with van der Waals surface area (Å²) in [4.78, 5) is 26.6. The van der Waals surface area contributed by atoms with Gasteiger partial charge in [-0.15, -0.1) is 11.3 Å². The van der Waals surface area contributed by atoms with Crippen LogP contribution in [-0.4, -0.2) is 15.8 Å². The molecule has 3 aromatic rings. The summed E-state index contributed by atoms with van der Waals surface area (Å²) in [6, 6.07) is 11.5. The summed E-state index contributed by atoms with van der Waals surface area (Å²) in [6.07, 6.45) is 1.71. The molecular formula is C17H14N4O3S. The molecule has 126 valence electrons. The summed E-state index contributed by atoms with van der Waals surface area (Å²) >= 11 is 1.44. The summed E-state index contributed by atoms with van der Waals surface area (Å²) in [5, 5.41) is 14.2. The number of nitrogens with zero attached hydrogens (tertiary/aromatic N) is 2. The van der Waals surface area contributed by atoms with Crippen molar-refractivity contribution in [3.05, 3.63) is 58.8 Å². The number of carbonyl (C=O) groups excluding carboxylic acids is 1. The molecule has 0 saturated heterocycles. The van der Waals surface area contributed by atoms with E-state index in [0.29, 0.717) is 11.4 Å². The molecule has 7 nitrogen and oxygen atoms in total. The van der Waals surface area contributed by atoms with Crippen molar-refractivity contribution in [3.8, 4) is 21.0 Å². The van der Waals surface area contributed by atoms with Crippen LogP contribution in [0.1, 0.15) is 6.92 Å². The first kappa shape index (κ1) is 16.6. The molecule has 0 spiro atoms. The van der Waals surface area contributed by atoms with Crippen LogP contribution in [0.15, 0.2) is 48.7 Å². The van der Waals surface area contributed by atoms with Gasteiger partial charge in [0.2, 0.25) is 5.91 Å². The van der Waals surface area contributed by atoms with Crippen molar-refractivity contribution in [2.45, 2.75) is 6.92 Å². The van der Waals surface area contributed by atoms with Gasteiger partial charge in [-0.05, 0) is 30.3 Å². The first-order chi connectivity index (χ1) is 11.9. The van der Waals surface area contributed by atoms with E-state index in [0.717, 1.165) is 21.0 Å². The molecule has 8 heteroatoms. The van der Waals surface area contributed by atoms with Gasteiger partial charge in [0.15, 0.2) is 0 Å². The van der Waals surface area contributed by atoms with Crippen LogP contribution in [0.2, 0.25) is 0 Å². The number of nitro benzene ring substituents is 1. The predicted octanol–water partition coefficient (Wildman–Crippen LogP) is 3.93. The zero-order chi connectivity index (χ0) is 18.0. The number of nitrogens with one attached hydrogen (secondary N) is 1. The van der Waals surface area contributed by atoms with Gasteiger partial charge in [0, 0.05) is 47.8 Å². The second-order valence-electron chi connectivity index (χ2n) is 5.32. The van der Waals surface area contributed by atoms with Crippen molar-refractivity contribution in [3.63, 3.8) is 0 Å². The van der Waals surface area contributed by atoms with Crippen LogP contribution < -0.4 is 11.1 Å². The molecule has 0 bridgehead atoms. The Bertz CT molecular complexity index is 951. The van der Waals surface area contributed by atoms with Gasteiger partial charge in [0.05, 0.1) is 9.80 Å². The molecule has 1 heterocycles. The monoisotopic (exact) mass is 354 g/mol. The minimum absolute atomic E-state index is 0.0401. The fraction of sp³-hybridized carbons (Fsp3) is 0.0588. The lowest BCUT2D eigenvalue weighted by molar-refractivity contribution is -0.384. The van der Waals surface area contributed by atoms with Gasteiger partial charge < -0.3 is 11.1 Å². The van der Waals surface area contributed by atoms with Crippen molar-refractivity contribution in [2.24, 2.45) is 0 Å². The molecule has 2 aromatic carbocycles. The number of thiazole rings is 1. The second-order valence-corrected chi connectivity index (χ2v) is 6.35. The Labute approximate surface area is 147 Å². The zero-order valence-corrected chi connectivity index (χ0v) is 14.0. The van der Waals surface area contributed by atoms with Crippen LogP contribution in [-0.2, 0) is 4.79 Å². The average Bonchev–Trinajstić information content (AvgIpc) is 3.04. The van der Waals surface area contributed by atoms with E-state index in [9.17, 15) is 14.9 Å². The van der Waals surface area contributed by atoms with Gasteiger partial charge >= 0.3 is 0 Å². The Kier molecular flexibility index (Phi) is 4.44. The van der Waals surface area contributed by atoms with E-state index >= 15 is 0 Å². The standard InChI is InChI=1S/C17H14N4O3S/c1-10(22)20-12-4-7-14(15(18)8-12)16-9-19-17(25-16)11-2-5-13(6-3-11)21(23)24/h2-9H,18H2,1H3,(H,20,22). The van der Waals surface area contributed by atoms with E-state index in [2.05, 4.69) is 10.3 Å². The van der Waals surface area contributed by atoms with Crippen LogP contribution >= 0.6 is 11.3 Å². The predicted molar refractivity (Wildman–Crippen MR) is 98.4 cm³/mol. The van der Waals surface area contributed by atoms with Crippen molar-refractivity contribution in [1.82, 2.24) is 4.98 Å². The highest BCUT2D eigenvalue weighted by atomic mass is 32.1. The minimum atomic E-state index is -0.436. The Balaban J connectivity index is 1.88. The fourth-order valence-corrected chi connectivity index (χ4v) is 3.29. The van der Waals surface area contributed by atoms with Gasteiger partial charge in [0.1, 0.15) is 5.01 Å². The normalized spacial score (nSPS) is 10.4. The molecule has 0 unspecified atom stereocenters. The smallest absolute Gasteiger partial charge is 0.269 e. The summed E-state index contributed by atoms with van der Waals surface area (Å²) < 4.78 is 0. The van der Waals surface area contributed by atoms with Gasteiger partial charge in [-0.25, -0.2) is 4.98 Å². The van der Waals surface area contributed by atoms with Gasteiger partial charge in [-0.1, -0.05) is 0 Å². The number of nitro groups is 1. The molecule has 25 heavy (non-hydrogen) atoms. The van der Waals surface area contributed by atoms with E-state index in [1.165, 1.54) is 30.4 Å². The summed E-state index contributed by atoms with van der Waals surface area (Å²) in [5.41, 5.74) is 8.91. The molecule has 0 fully saturated rings. The molecule has 0 atom stereocenters. The minimum Gasteiger partial charge on any atom is -0.398 e. The number of carbonyl (C=O) groups is 1. The number of aromatic nitrogens is 1. The van der Waals surface area contributed by atoms with E-state index < -0.39 is 4.92 Å². The Morgan fingerprint density at radius 2 is 1.96 bits per heavy atom. The molecule has 1 aromatic heterocycles. The summed E-state index contributed by atoms with van der Waals surface area (Å²) in [5.74, 6) is -0.162. The molecule has 1 amide bonds. The number of hydrogen-bond acceptors (Lipinski definition) is 6. The summed E-state index contributed by atoms with van der Waals surface area (Å²) in [7, 11) is 0. The molecule has 3 N–H and O–H groups in total. The molecule has 0 saturated carbocycles. The first-order valence-corrected chi connectivity index (χ1v) is 8.14. The van der Waals surface area contributed by atoms with E-state index in [-0.39, 0.29) is 11.6 Å². The molecule has 0 aliphatic carbocycles. The van der Waals surface area contributed by atoms with Gasteiger partial charge in [-0.2, -0.15) is 0 Å². The SMILES string of the molecule is CC(=O)Nc1ccc(-c2cnc(-c3ccc([N+](=O)[O-])cc3)s2)c(N)c1. The van der Waals surface area contributed by atoms with E-state index in [1.54, 1.807) is 30.5 Å². The largest absolute Gasteiger partial charge is 0.398 e. The van der Waals surface area contributed by atoms with Crippen LogP contribution in [0, 0.1) is 10.1 Å². The number of nitrogen functional groups attached to an aromatic ring is 1. The van der Waals surface area contributed by atoms with Crippen molar-refractivity contribution < 1.29 is 9.72 Å². The van der Waals surface area contributed by atoms with Crippen molar-refractivity contribution in [2.75, 3.05) is 11.1 Å². The van der Waals surface area contributed by atoms with E-state index in [1.807, 2.05) is 6.07 Å². The number of rotatable bonds is 4. The number of hydrogen-bond donors (Lipinski definition) is 2. The third-order valence-corrected chi connectivity index (χ3v) is 4.55. The van der Waals surface area contributed by atoms with Crippen molar-refractivity contribution in [1.29, 1.82) is 0 Å². The quantitative estimate of drug-likeness (QED) is 0.419. The van der Waals surface area contributed by atoms with Gasteiger partial charge in [0.25, 0.3) is 5.69 Å². The Hall–Kier alpha value is -3.26. The maximum atomic E-state index is 11.1. The third-order valence-electron chi connectivity index (χ3n) is 3.47. The highest BCUT2D eigenvalue weighted by Crippen LogP contribution is 2.36. The number of non-ortho nitro benzene ring substituents is 1. The van der Waals surface area contributed by atoms with Crippen LogP contribution in [0.25, 0.3) is 21.0 Å². The second kappa shape index (κ2) is 6.70. The number of nitrogens with two attached hydrogens (primary N) is 1. The highest BCUT2D eigenvalue weighted by Gasteiger charge is 2.11. The topological polar surface area (TPSA) is 111 Å². The van der Waals surface area contributed by atoms with E-state index in [4.69, 9.17) is 5.73 Å². The lowest BCUT2D eigenvalue weighted by Crippen LogP contribution is -2.06. The molecule has 0 radical (unpaired) electrons. The van der Waals surface area contributed by atoms with Crippen LogP contribution in [0.5, 0.6) is 0 Å². The molecule has 3 rings (SSSR count). The first-order valence-electron chi connectivity index (χ1n) is 7.32. The third kappa shape index (κ3) is 3.64. The lowest BCUT2D eigenvalue weighted by Gasteiger charge is -2.07. The number of amides is 1. The number of anilines is 2. The maximum absolute atomic E-state index is 11.1. The van der Waals surface area contributed by atoms with Gasteiger partial charge in [-0.3, -0.25) is 14.9 Å². The summed E-state index contributed by atoms with van der Waals surface area (Å²) in [6.45, 7) is 1.43. The average molecular weight is 354 g/mol. The molecule has 0 aliphatic heterocycles. The zero-order valence-electron chi connectivity index (χ0n) is 13.2. The fourth-order valence-electron chi connectivity index (χ4n) is 2.33. The lowest BCUT2D eigenvalue weighted by atomic mass is 10.1.